The monoisotopic (exact) mass is 408 g/mol. The number of methoxy groups -OCH3 is 1. The zero-order valence-corrected chi connectivity index (χ0v) is 17.7. The number of ether oxygens (including phenoxy) is 2. The molecule has 0 aliphatic rings. The van der Waals surface area contributed by atoms with Crippen molar-refractivity contribution < 1.29 is 9.47 Å². The first-order chi connectivity index (χ1) is 13.8. The molecule has 3 aromatic carbocycles. The summed E-state index contributed by atoms with van der Waals surface area (Å²) in [6.45, 7) is 2.56. The van der Waals surface area contributed by atoms with Crippen LogP contribution in [0.4, 0.5) is 0 Å². The second-order valence-electron chi connectivity index (χ2n) is 5.98. The molecular formula is C24H24O2S2. The minimum atomic E-state index is 0.202. The first kappa shape index (κ1) is 20.4. The number of hydrogen-bond donors (Lipinski definition) is 0. The maximum Gasteiger partial charge on any atom is 0.168 e. The van der Waals surface area contributed by atoms with Gasteiger partial charge in [0.1, 0.15) is 6.61 Å². The van der Waals surface area contributed by atoms with Gasteiger partial charge < -0.3 is 9.47 Å². The molecule has 0 atom stereocenters. The van der Waals surface area contributed by atoms with Crippen LogP contribution in [0.15, 0.2) is 94.7 Å². The molecule has 0 heterocycles. The van der Waals surface area contributed by atoms with E-state index in [-0.39, 0.29) is 4.58 Å². The van der Waals surface area contributed by atoms with Gasteiger partial charge in [-0.1, -0.05) is 60.7 Å². The first-order valence-corrected chi connectivity index (χ1v) is 10.9. The van der Waals surface area contributed by atoms with E-state index in [4.69, 9.17) is 9.47 Å². The zero-order valence-electron chi connectivity index (χ0n) is 16.1. The molecule has 0 aromatic heterocycles. The average molecular weight is 409 g/mol. The highest BCUT2D eigenvalue weighted by Gasteiger charge is 2.16. The van der Waals surface area contributed by atoms with E-state index in [0.717, 1.165) is 17.1 Å². The van der Waals surface area contributed by atoms with Gasteiger partial charge in [0.05, 0.1) is 11.7 Å². The predicted octanol–water partition coefficient (Wildman–Crippen LogP) is 7.02. The standard InChI is InChI=1S/C24H24O2S2/c1-3-11-19-12-10-17-22(25-2)24(19)26-18-23(27-20-13-6-4-7-14-20)28-21-15-8-5-9-16-21/h3-17,23H,18H2,1-2H3/b11-3+. The van der Waals surface area contributed by atoms with Crippen LogP contribution in [0.2, 0.25) is 0 Å². The van der Waals surface area contributed by atoms with Gasteiger partial charge in [-0.25, -0.2) is 0 Å². The Kier molecular flexibility index (Phi) is 7.94. The van der Waals surface area contributed by atoms with Crippen LogP contribution < -0.4 is 9.47 Å². The molecule has 0 fully saturated rings. The van der Waals surface area contributed by atoms with E-state index in [2.05, 4.69) is 48.5 Å². The van der Waals surface area contributed by atoms with E-state index in [1.807, 2.05) is 72.9 Å². The molecule has 0 spiro atoms. The maximum atomic E-state index is 6.30. The summed E-state index contributed by atoms with van der Waals surface area (Å²) in [7, 11) is 1.68. The van der Waals surface area contributed by atoms with Crippen LogP contribution >= 0.6 is 23.5 Å². The Hall–Kier alpha value is -2.30. The van der Waals surface area contributed by atoms with Gasteiger partial charge in [0.2, 0.25) is 0 Å². The van der Waals surface area contributed by atoms with Crippen LogP contribution in [0.25, 0.3) is 6.08 Å². The second kappa shape index (κ2) is 10.9. The molecule has 28 heavy (non-hydrogen) atoms. The molecule has 3 rings (SSSR count). The van der Waals surface area contributed by atoms with E-state index in [1.54, 1.807) is 7.11 Å². The molecule has 0 aliphatic heterocycles. The Labute approximate surface area is 176 Å². The minimum absolute atomic E-state index is 0.202. The highest BCUT2D eigenvalue weighted by atomic mass is 32.2. The van der Waals surface area contributed by atoms with Gasteiger partial charge in [-0.05, 0) is 37.3 Å². The van der Waals surface area contributed by atoms with Crippen molar-refractivity contribution in [1.29, 1.82) is 0 Å². The van der Waals surface area contributed by atoms with Crippen LogP contribution in [0.1, 0.15) is 12.5 Å². The Bertz CT molecular complexity index is 838. The maximum absolute atomic E-state index is 6.30. The highest BCUT2D eigenvalue weighted by molar-refractivity contribution is 8.17. The summed E-state index contributed by atoms with van der Waals surface area (Å²) in [6.07, 6.45) is 4.05. The summed E-state index contributed by atoms with van der Waals surface area (Å²) >= 11 is 3.63. The van der Waals surface area contributed by atoms with Crippen LogP contribution in [0.5, 0.6) is 11.5 Å². The lowest BCUT2D eigenvalue weighted by Gasteiger charge is -2.19. The topological polar surface area (TPSA) is 18.5 Å². The normalized spacial score (nSPS) is 11.1. The molecule has 2 nitrogen and oxygen atoms in total. The number of hydrogen-bond acceptors (Lipinski definition) is 4. The molecule has 4 heteroatoms. The molecule has 0 amide bonds. The van der Waals surface area contributed by atoms with Crippen LogP contribution in [-0.4, -0.2) is 18.3 Å². The fraction of sp³-hybridized carbons (Fsp3) is 0.167. The van der Waals surface area contributed by atoms with Gasteiger partial charge in [-0.3, -0.25) is 0 Å². The van der Waals surface area contributed by atoms with Crippen molar-refractivity contribution in [3.05, 3.63) is 90.5 Å². The molecule has 0 N–H and O–H groups in total. The first-order valence-electron chi connectivity index (χ1n) is 9.16. The fourth-order valence-electron chi connectivity index (χ4n) is 2.70. The lowest BCUT2D eigenvalue weighted by atomic mass is 10.1. The molecule has 0 saturated carbocycles. The van der Waals surface area contributed by atoms with E-state index < -0.39 is 0 Å². The van der Waals surface area contributed by atoms with Crippen molar-refractivity contribution in [3.8, 4) is 11.5 Å². The third kappa shape index (κ3) is 5.85. The van der Waals surface area contributed by atoms with Crippen molar-refractivity contribution in [2.45, 2.75) is 21.3 Å². The molecule has 0 radical (unpaired) electrons. The van der Waals surface area contributed by atoms with Crippen molar-refractivity contribution in [1.82, 2.24) is 0 Å². The third-order valence-corrected chi connectivity index (χ3v) is 6.42. The van der Waals surface area contributed by atoms with E-state index in [0.29, 0.717) is 6.61 Å². The zero-order chi connectivity index (χ0) is 19.6. The number of allylic oxidation sites excluding steroid dienone is 1. The van der Waals surface area contributed by atoms with Gasteiger partial charge >= 0.3 is 0 Å². The van der Waals surface area contributed by atoms with E-state index in [1.165, 1.54) is 9.79 Å². The van der Waals surface area contributed by atoms with Crippen molar-refractivity contribution in [3.63, 3.8) is 0 Å². The minimum Gasteiger partial charge on any atom is -0.493 e. The van der Waals surface area contributed by atoms with E-state index >= 15 is 0 Å². The van der Waals surface area contributed by atoms with Gasteiger partial charge in [0.15, 0.2) is 11.5 Å². The smallest absolute Gasteiger partial charge is 0.168 e. The Morgan fingerprint density at radius 3 is 1.96 bits per heavy atom. The SMILES string of the molecule is C/C=C/c1cccc(OC)c1OCC(Sc1ccccc1)Sc1ccccc1. The summed E-state index contributed by atoms with van der Waals surface area (Å²) in [4.78, 5) is 2.46. The van der Waals surface area contributed by atoms with Crippen LogP contribution in [-0.2, 0) is 0 Å². The van der Waals surface area contributed by atoms with Gasteiger partial charge in [-0.15, -0.1) is 23.5 Å². The summed E-state index contributed by atoms with van der Waals surface area (Å²) in [5.74, 6) is 1.54. The molecule has 0 aliphatic carbocycles. The van der Waals surface area contributed by atoms with Crippen LogP contribution in [0.3, 0.4) is 0 Å². The Morgan fingerprint density at radius 2 is 1.43 bits per heavy atom. The fourth-order valence-corrected chi connectivity index (χ4v) is 5.07. The van der Waals surface area contributed by atoms with Gasteiger partial charge in [-0.2, -0.15) is 0 Å². The van der Waals surface area contributed by atoms with E-state index in [9.17, 15) is 0 Å². The summed E-state index contributed by atoms with van der Waals surface area (Å²) in [6, 6.07) is 26.9. The Morgan fingerprint density at radius 1 is 0.821 bits per heavy atom. The van der Waals surface area contributed by atoms with Gasteiger partial charge in [0, 0.05) is 15.4 Å². The largest absolute Gasteiger partial charge is 0.493 e. The highest BCUT2D eigenvalue weighted by Crippen LogP contribution is 2.38. The molecule has 3 aromatic rings. The number of rotatable bonds is 9. The quantitative estimate of drug-likeness (QED) is 0.280. The Balaban J connectivity index is 1.79. The third-order valence-electron chi connectivity index (χ3n) is 3.96. The predicted molar refractivity (Wildman–Crippen MR) is 122 cm³/mol. The average Bonchev–Trinajstić information content (AvgIpc) is 2.74. The molecule has 0 unspecified atom stereocenters. The number of para-hydroxylation sites is 1. The van der Waals surface area contributed by atoms with Crippen molar-refractivity contribution in [2.75, 3.05) is 13.7 Å². The molecular weight excluding hydrogens is 384 g/mol. The molecule has 144 valence electrons. The number of benzene rings is 3. The lowest BCUT2D eigenvalue weighted by Crippen LogP contribution is -2.12. The van der Waals surface area contributed by atoms with Crippen molar-refractivity contribution in [2.24, 2.45) is 0 Å². The lowest BCUT2D eigenvalue weighted by molar-refractivity contribution is 0.308. The summed E-state index contributed by atoms with van der Waals surface area (Å²) in [5, 5.41) is 0. The van der Waals surface area contributed by atoms with Gasteiger partial charge in [0.25, 0.3) is 0 Å². The van der Waals surface area contributed by atoms with Crippen molar-refractivity contribution >= 4 is 29.6 Å². The summed E-state index contributed by atoms with van der Waals surface area (Å²) in [5.41, 5.74) is 1.02. The molecule has 0 bridgehead atoms. The van der Waals surface area contributed by atoms with Crippen LogP contribution in [0, 0.1) is 0 Å². The second-order valence-corrected chi connectivity index (χ2v) is 8.83. The molecule has 0 saturated heterocycles. The number of thioether (sulfide) groups is 2. The summed E-state index contributed by atoms with van der Waals surface area (Å²) < 4.78 is 12.0.